The first-order valence-corrected chi connectivity index (χ1v) is 6.45. The highest BCUT2D eigenvalue weighted by molar-refractivity contribution is 8.00. The predicted molar refractivity (Wildman–Crippen MR) is 64.8 cm³/mol. The summed E-state index contributed by atoms with van der Waals surface area (Å²) in [7, 11) is 0. The molecule has 0 aliphatic carbocycles. The normalized spacial score (nSPS) is 17.2. The number of carboxylic acids is 1. The summed E-state index contributed by atoms with van der Waals surface area (Å²) < 4.78 is 36.4. The number of rotatable bonds is 4. The molecule has 0 radical (unpaired) electrons. The molecule has 1 saturated heterocycles. The number of halogens is 3. The largest absolute Gasteiger partial charge is 0.481 e. The highest BCUT2D eigenvalue weighted by Gasteiger charge is 2.32. The molecule has 0 saturated carbocycles. The Kier molecular flexibility index (Phi) is 4.05. The fraction of sp³-hybridized carbons (Fsp3) is 0.417. The topological polar surface area (TPSA) is 40.5 Å². The Labute approximate surface area is 112 Å². The van der Waals surface area contributed by atoms with E-state index in [1.807, 2.05) is 4.90 Å². The molecular weight excluding hydrogens is 279 g/mol. The molecule has 1 aliphatic rings. The lowest BCUT2D eigenvalue weighted by atomic mass is 10.00. The number of benzene rings is 1. The van der Waals surface area contributed by atoms with Crippen LogP contribution in [0.15, 0.2) is 29.2 Å². The minimum atomic E-state index is -4.27. The van der Waals surface area contributed by atoms with Gasteiger partial charge in [-0.05, 0) is 29.5 Å². The number of nitrogens with zero attached hydrogens (tertiary/aromatic N) is 1. The van der Waals surface area contributed by atoms with Crippen LogP contribution >= 0.6 is 11.8 Å². The third-order valence-electron chi connectivity index (χ3n) is 2.87. The van der Waals surface area contributed by atoms with E-state index in [9.17, 15) is 18.0 Å². The van der Waals surface area contributed by atoms with Crippen LogP contribution in [-0.2, 0) is 11.3 Å². The van der Waals surface area contributed by atoms with Crippen LogP contribution in [0.5, 0.6) is 0 Å². The lowest BCUT2D eigenvalue weighted by molar-refractivity contribution is -0.147. The Bertz CT molecular complexity index is 455. The van der Waals surface area contributed by atoms with E-state index in [0.717, 1.165) is 5.56 Å². The molecule has 0 atom stereocenters. The molecule has 1 N–H and O–H groups in total. The summed E-state index contributed by atoms with van der Waals surface area (Å²) in [5, 5.41) is 8.73. The first kappa shape index (κ1) is 14.2. The fourth-order valence-electron chi connectivity index (χ4n) is 1.91. The van der Waals surface area contributed by atoms with Crippen LogP contribution in [0.1, 0.15) is 5.56 Å². The van der Waals surface area contributed by atoms with E-state index >= 15 is 0 Å². The maximum atomic E-state index is 12.1. The molecule has 3 nitrogen and oxygen atoms in total. The Morgan fingerprint density at radius 2 is 1.89 bits per heavy atom. The Balaban J connectivity index is 1.85. The average Bonchev–Trinajstić information content (AvgIpc) is 2.22. The van der Waals surface area contributed by atoms with Crippen molar-refractivity contribution >= 4 is 17.7 Å². The molecule has 0 amide bonds. The number of thioether (sulfide) groups is 1. The number of likely N-dealkylation sites (tertiary alicyclic amines) is 1. The molecule has 7 heteroatoms. The third-order valence-corrected chi connectivity index (χ3v) is 3.61. The molecular formula is C12H12F3NO2S. The maximum Gasteiger partial charge on any atom is 0.446 e. The van der Waals surface area contributed by atoms with E-state index in [2.05, 4.69) is 0 Å². The zero-order chi connectivity index (χ0) is 14.0. The summed E-state index contributed by atoms with van der Waals surface area (Å²) in [4.78, 5) is 12.7. The maximum absolute atomic E-state index is 12.1. The Morgan fingerprint density at radius 1 is 1.32 bits per heavy atom. The smallest absolute Gasteiger partial charge is 0.446 e. The Hall–Kier alpha value is -1.21. The van der Waals surface area contributed by atoms with Crippen LogP contribution in [0, 0.1) is 5.92 Å². The Morgan fingerprint density at radius 3 is 2.37 bits per heavy atom. The minimum Gasteiger partial charge on any atom is -0.481 e. The molecule has 0 bridgehead atoms. The van der Waals surface area contributed by atoms with Crippen molar-refractivity contribution < 1.29 is 23.1 Å². The standard InChI is InChI=1S/C12H12F3NO2S/c13-12(14,15)19-10-3-1-8(2-4-10)5-16-6-9(7-16)11(17)18/h1-4,9H,5-7H2,(H,17,18). The van der Waals surface area contributed by atoms with Gasteiger partial charge in [0.2, 0.25) is 0 Å². The van der Waals surface area contributed by atoms with Gasteiger partial charge in [-0.25, -0.2) is 0 Å². The van der Waals surface area contributed by atoms with Gasteiger partial charge in [0.1, 0.15) is 0 Å². The van der Waals surface area contributed by atoms with E-state index in [-0.39, 0.29) is 22.6 Å². The van der Waals surface area contributed by atoms with Crippen molar-refractivity contribution in [1.82, 2.24) is 4.90 Å². The molecule has 104 valence electrons. The van der Waals surface area contributed by atoms with Gasteiger partial charge in [0.05, 0.1) is 5.92 Å². The van der Waals surface area contributed by atoms with Gasteiger partial charge >= 0.3 is 11.5 Å². The third kappa shape index (κ3) is 4.14. The van der Waals surface area contributed by atoms with Crippen molar-refractivity contribution in [1.29, 1.82) is 0 Å². The number of carbonyl (C=O) groups is 1. The first-order chi connectivity index (χ1) is 8.83. The molecule has 1 aromatic rings. The van der Waals surface area contributed by atoms with Crippen molar-refractivity contribution in [3.05, 3.63) is 29.8 Å². The molecule has 0 spiro atoms. The zero-order valence-electron chi connectivity index (χ0n) is 9.85. The van der Waals surface area contributed by atoms with Gasteiger partial charge < -0.3 is 5.11 Å². The second-order valence-corrected chi connectivity index (χ2v) is 5.56. The van der Waals surface area contributed by atoms with Gasteiger partial charge in [-0.15, -0.1) is 0 Å². The second kappa shape index (κ2) is 5.42. The van der Waals surface area contributed by atoms with E-state index in [1.165, 1.54) is 12.1 Å². The van der Waals surface area contributed by atoms with Crippen molar-refractivity contribution in [2.45, 2.75) is 16.9 Å². The van der Waals surface area contributed by atoms with E-state index in [0.29, 0.717) is 19.6 Å². The molecule has 2 rings (SSSR count). The zero-order valence-corrected chi connectivity index (χ0v) is 10.7. The minimum absolute atomic E-state index is 0.139. The van der Waals surface area contributed by atoms with Gasteiger partial charge in [0.15, 0.2) is 0 Å². The highest BCUT2D eigenvalue weighted by atomic mass is 32.2. The number of hydrogen-bond acceptors (Lipinski definition) is 3. The van der Waals surface area contributed by atoms with Crippen LogP contribution in [0.4, 0.5) is 13.2 Å². The lowest BCUT2D eigenvalue weighted by Gasteiger charge is -2.36. The van der Waals surface area contributed by atoms with Gasteiger partial charge in [-0.3, -0.25) is 9.69 Å². The molecule has 0 aromatic heterocycles. The van der Waals surface area contributed by atoms with E-state index in [4.69, 9.17) is 5.11 Å². The highest BCUT2D eigenvalue weighted by Crippen LogP contribution is 2.36. The molecule has 1 aliphatic heterocycles. The van der Waals surface area contributed by atoms with Crippen LogP contribution in [0.2, 0.25) is 0 Å². The summed E-state index contributed by atoms with van der Waals surface area (Å²) in [5.74, 6) is -1.12. The molecule has 19 heavy (non-hydrogen) atoms. The summed E-state index contributed by atoms with van der Waals surface area (Å²) in [6.07, 6.45) is 0. The summed E-state index contributed by atoms with van der Waals surface area (Å²) in [6, 6.07) is 6.15. The number of alkyl halides is 3. The lowest BCUT2D eigenvalue weighted by Crippen LogP contribution is -2.49. The quantitative estimate of drug-likeness (QED) is 0.866. The number of hydrogen-bond donors (Lipinski definition) is 1. The summed E-state index contributed by atoms with van der Waals surface area (Å²) >= 11 is -0.139. The molecule has 0 unspecified atom stereocenters. The van der Waals surface area contributed by atoms with Gasteiger partial charge in [-0.2, -0.15) is 13.2 Å². The second-order valence-electron chi connectivity index (χ2n) is 4.42. The van der Waals surface area contributed by atoms with Crippen LogP contribution in [0.25, 0.3) is 0 Å². The fourth-order valence-corrected chi connectivity index (χ4v) is 2.45. The van der Waals surface area contributed by atoms with Crippen LogP contribution in [0.3, 0.4) is 0 Å². The SMILES string of the molecule is O=C(O)C1CN(Cc2ccc(SC(F)(F)F)cc2)C1. The summed E-state index contributed by atoms with van der Waals surface area (Å²) in [5.41, 5.74) is -3.39. The van der Waals surface area contributed by atoms with E-state index < -0.39 is 11.5 Å². The number of carboxylic acid groups (broad SMARTS) is 1. The van der Waals surface area contributed by atoms with Crippen molar-refractivity contribution in [3.8, 4) is 0 Å². The van der Waals surface area contributed by atoms with Gasteiger partial charge in [0, 0.05) is 24.5 Å². The predicted octanol–water partition coefficient (Wildman–Crippen LogP) is 2.81. The first-order valence-electron chi connectivity index (χ1n) is 5.63. The van der Waals surface area contributed by atoms with Gasteiger partial charge in [-0.1, -0.05) is 12.1 Å². The van der Waals surface area contributed by atoms with Gasteiger partial charge in [0.25, 0.3) is 0 Å². The van der Waals surface area contributed by atoms with Crippen molar-refractivity contribution in [2.24, 2.45) is 5.92 Å². The molecule has 1 fully saturated rings. The van der Waals surface area contributed by atoms with E-state index in [1.54, 1.807) is 12.1 Å². The van der Waals surface area contributed by atoms with Crippen molar-refractivity contribution in [2.75, 3.05) is 13.1 Å². The molecule has 1 aromatic carbocycles. The average molecular weight is 291 g/mol. The van der Waals surface area contributed by atoms with Crippen LogP contribution < -0.4 is 0 Å². The summed E-state index contributed by atoms with van der Waals surface area (Å²) in [6.45, 7) is 1.56. The molecule has 1 heterocycles. The van der Waals surface area contributed by atoms with Crippen molar-refractivity contribution in [3.63, 3.8) is 0 Å². The van der Waals surface area contributed by atoms with Crippen LogP contribution in [-0.4, -0.2) is 34.6 Å². The monoisotopic (exact) mass is 291 g/mol. The number of aliphatic carboxylic acids is 1.